The van der Waals surface area contributed by atoms with E-state index in [4.69, 9.17) is 16.2 Å². The van der Waals surface area contributed by atoms with Gasteiger partial charge in [0.2, 0.25) is 11.8 Å². The molecule has 0 unspecified atom stereocenters. The number of benzene rings is 1. The Morgan fingerprint density at radius 1 is 1.30 bits per heavy atom. The van der Waals surface area contributed by atoms with E-state index < -0.39 is 11.4 Å². The highest BCUT2D eigenvalue weighted by atomic mass is 16.5. The first kappa shape index (κ1) is 14.5. The van der Waals surface area contributed by atoms with Crippen LogP contribution >= 0.6 is 0 Å². The van der Waals surface area contributed by atoms with E-state index in [0.29, 0.717) is 38.2 Å². The molecule has 0 spiro atoms. The Bertz CT molecular complexity index is 510. The third-order valence-corrected chi connectivity index (χ3v) is 3.50. The van der Waals surface area contributed by atoms with Crippen LogP contribution in [0.1, 0.15) is 28.8 Å². The van der Waals surface area contributed by atoms with Crippen molar-refractivity contribution < 1.29 is 14.3 Å². The first-order valence-corrected chi connectivity index (χ1v) is 6.55. The molecule has 1 aromatic carbocycles. The van der Waals surface area contributed by atoms with Crippen molar-refractivity contribution in [2.45, 2.75) is 24.9 Å². The molecule has 0 radical (unpaired) electrons. The number of hydrogen-bond donors (Lipinski definition) is 3. The third kappa shape index (κ3) is 3.34. The molecule has 108 valence electrons. The van der Waals surface area contributed by atoms with Crippen molar-refractivity contribution in [1.29, 1.82) is 0 Å². The zero-order valence-electron chi connectivity index (χ0n) is 11.2. The van der Waals surface area contributed by atoms with Crippen LogP contribution in [-0.4, -0.2) is 30.6 Å². The lowest BCUT2D eigenvalue weighted by atomic mass is 9.90. The Balaban J connectivity index is 1.96. The Morgan fingerprint density at radius 2 is 2.00 bits per heavy atom. The SMILES string of the molecule is NC(=O)c1cccc(CNC(=O)C2(N)CCOCC2)c1. The number of primary amides is 1. The number of nitrogens with one attached hydrogen (secondary N) is 1. The van der Waals surface area contributed by atoms with Gasteiger partial charge in [0.05, 0.1) is 5.54 Å². The zero-order chi connectivity index (χ0) is 14.6. The maximum atomic E-state index is 12.1. The van der Waals surface area contributed by atoms with Crippen molar-refractivity contribution in [1.82, 2.24) is 5.32 Å². The summed E-state index contributed by atoms with van der Waals surface area (Å²) in [7, 11) is 0. The van der Waals surface area contributed by atoms with Crippen LogP contribution in [-0.2, 0) is 16.1 Å². The van der Waals surface area contributed by atoms with E-state index in [2.05, 4.69) is 5.32 Å². The summed E-state index contributed by atoms with van der Waals surface area (Å²) in [4.78, 5) is 23.2. The zero-order valence-corrected chi connectivity index (χ0v) is 11.2. The van der Waals surface area contributed by atoms with E-state index in [1.54, 1.807) is 18.2 Å². The van der Waals surface area contributed by atoms with Gasteiger partial charge in [0.15, 0.2) is 0 Å². The van der Waals surface area contributed by atoms with Crippen LogP contribution in [0, 0.1) is 0 Å². The third-order valence-electron chi connectivity index (χ3n) is 3.50. The fourth-order valence-corrected chi connectivity index (χ4v) is 2.16. The molecule has 0 aliphatic carbocycles. The maximum absolute atomic E-state index is 12.1. The van der Waals surface area contributed by atoms with Gasteiger partial charge in [-0.1, -0.05) is 12.1 Å². The van der Waals surface area contributed by atoms with Gasteiger partial charge in [-0.3, -0.25) is 9.59 Å². The van der Waals surface area contributed by atoms with E-state index in [1.165, 1.54) is 0 Å². The first-order valence-electron chi connectivity index (χ1n) is 6.55. The summed E-state index contributed by atoms with van der Waals surface area (Å²) in [6.07, 6.45) is 1.03. The average molecular weight is 277 g/mol. The van der Waals surface area contributed by atoms with Crippen molar-refractivity contribution in [2.24, 2.45) is 11.5 Å². The van der Waals surface area contributed by atoms with Gasteiger partial charge in [0.1, 0.15) is 0 Å². The molecule has 0 aromatic heterocycles. The monoisotopic (exact) mass is 277 g/mol. The largest absolute Gasteiger partial charge is 0.381 e. The van der Waals surface area contributed by atoms with E-state index in [-0.39, 0.29) is 5.91 Å². The number of nitrogens with two attached hydrogens (primary N) is 2. The van der Waals surface area contributed by atoms with E-state index >= 15 is 0 Å². The van der Waals surface area contributed by atoms with E-state index in [9.17, 15) is 9.59 Å². The van der Waals surface area contributed by atoms with Crippen LogP contribution in [0.3, 0.4) is 0 Å². The minimum absolute atomic E-state index is 0.190. The summed E-state index contributed by atoms with van der Waals surface area (Å²) in [5.74, 6) is -0.678. The number of carbonyl (C=O) groups is 2. The number of hydrogen-bond acceptors (Lipinski definition) is 4. The summed E-state index contributed by atoms with van der Waals surface area (Å²) in [6.45, 7) is 1.32. The Morgan fingerprint density at radius 3 is 2.65 bits per heavy atom. The predicted molar refractivity (Wildman–Crippen MR) is 73.8 cm³/mol. The summed E-state index contributed by atoms with van der Waals surface area (Å²) in [5.41, 5.74) is 11.7. The summed E-state index contributed by atoms with van der Waals surface area (Å²) < 4.78 is 5.21. The molecule has 0 bridgehead atoms. The predicted octanol–water partition coefficient (Wildman–Crippen LogP) is -0.0904. The normalized spacial score (nSPS) is 17.4. The lowest BCUT2D eigenvalue weighted by Crippen LogP contribution is -2.56. The smallest absolute Gasteiger partial charge is 0.248 e. The van der Waals surface area contributed by atoms with Crippen LogP contribution in [0.4, 0.5) is 0 Å². The van der Waals surface area contributed by atoms with Crippen LogP contribution in [0.15, 0.2) is 24.3 Å². The first-order chi connectivity index (χ1) is 9.51. The molecule has 1 aliphatic heterocycles. The van der Waals surface area contributed by atoms with Crippen LogP contribution < -0.4 is 16.8 Å². The van der Waals surface area contributed by atoms with Crippen molar-refractivity contribution in [3.8, 4) is 0 Å². The molecule has 2 amide bonds. The van der Waals surface area contributed by atoms with Gasteiger partial charge in [-0.15, -0.1) is 0 Å². The van der Waals surface area contributed by atoms with Gasteiger partial charge in [0, 0.05) is 25.3 Å². The molecule has 1 saturated heterocycles. The molecular weight excluding hydrogens is 258 g/mol. The lowest BCUT2D eigenvalue weighted by molar-refractivity contribution is -0.129. The second kappa shape index (κ2) is 6.02. The highest BCUT2D eigenvalue weighted by molar-refractivity contribution is 5.93. The van der Waals surface area contributed by atoms with Gasteiger partial charge < -0.3 is 21.5 Å². The molecule has 1 fully saturated rings. The van der Waals surface area contributed by atoms with Crippen molar-refractivity contribution in [3.63, 3.8) is 0 Å². The summed E-state index contributed by atoms with van der Waals surface area (Å²) >= 11 is 0. The van der Waals surface area contributed by atoms with Gasteiger partial charge in [-0.25, -0.2) is 0 Å². The van der Waals surface area contributed by atoms with E-state index in [0.717, 1.165) is 5.56 Å². The fraction of sp³-hybridized carbons (Fsp3) is 0.429. The van der Waals surface area contributed by atoms with Crippen LogP contribution in [0.2, 0.25) is 0 Å². The molecule has 0 atom stereocenters. The minimum atomic E-state index is -0.862. The number of carbonyl (C=O) groups excluding carboxylic acids is 2. The van der Waals surface area contributed by atoms with Crippen LogP contribution in [0.25, 0.3) is 0 Å². The van der Waals surface area contributed by atoms with E-state index in [1.807, 2.05) is 6.07 Å². The molecule has 5 N–H and O–H groups in total. The average Bonchev–Trinajstić information content (AvgIpc) is 2.45. The topological polar surface area (TPSA) is 107 Å². The molecule has 6 heteroatoms. The number of ether oxygens (including phenoxy) is 1. The van der Waals surface area contributed by atoms with Gasteiger partial charge in [0.25, 0.3) is 0 Å². The van der Waals surface area contributed by atoms with Crippen molar-refractivity contribution in [3.05, 3.63) is 35.4 Å². The summed E-state index contributed by atoms with van der Waals surface area (Å²) in [6, 6.07) is 6.85. The molecule has 6 nitrogen and oxygen atoms in total. The van der Waals surface area contributed by atoms with Gasteiger partial charge in [-0.05, 0) is 30.5 Å². The Kier molecular flexibility index (Phi) is 4.36. The molecule has 1 heterocycles. The van der Waals surface area contributed by atoms with Crippen molar-refractivity contribution >= 4 is 11.8 Å². The molecular formula is C14H19N3O3. The van der Waals surface area contributed by atoms with Gasteiger partial charge >= 0.3 is 0 Å². The number of amides is 2. The molecule has 1 aromatic rings. The Hall–Kier alpha value is -1.92. The fourth-order valence-electron chi connectivity index (χ4n) is 2.16. The second-order valence-electron chi connectivity index (χ2n) is 5.02. The standard InChI is InChI=1S/C14H19N3O3/c15-12(18)11-3-1-2-10(8-11)9-17-13(19)14(16)4-6-20-7-5-14/h1-3,8H,4-7,9,16H2,(H2,15,18)(H,17,19). The second-order valence-corrected chi connectivity index (χ2v) is 5.02. The molecule has 1 aliphatic rings. The minimum Gasteiger partial charge on any atom is -0.381 e. The molecule has 0 saturated carbocycles. The van der Waals surface area contributed by atoms with Crippen LogP contribution in [0.5, 0.6) is 0 Å². The van der Waals surface area contributed by atoms with Crippen molar-refractivity contribution in [2.75, 3.05) is 13.2 Å². The highest BCUT2D eigenvalue weighted by Gasteiger charge is 2.35. The maximum Gasteiger partial charge on any atom is 0.248 e. The number of rotatable bonds is 4. The molecule has 20 heavy (non-hydrogen) atoms. The molecule has 2 rings (SSSR count). The van der Waals surface area contributed by atoms with Gasteiger partial charge in [-0.2, -0.15) is 0 Å². The summed E-state index contributed by atoms with van der Waals surface area (Å²) in [5, 5.41) is 2.80. The highest BCUT2D eigenvalue weighted by Crippen LogP contribution is 2.18. The Labute approximate surface area is 117 Å². The lowest BCUT2D eigenvalue weighted by Gasteiger charge is -2.31. The quantitative estimate of drug-likeness (QED) is 0.714.